The molecular formula is C13H12F3N3O. The van der Waals surface area contributed by atoms with Crippen molar-refractivity contribution in [1.82, 2.24) is 9.78 Å². The van der Waals surface area contributed by atoms with Gasteiger partial charge in [-0.25, -0.2) is 13.2 Å². The second-order valence-corrected chi connectivity index (χ2v) is 4.16. The quantitative estimate of drug-likeness (QED) is 0.880. The molecule has 4 nitrogen and oxygen atoms in total. The zero-order valence-corrected chi connectivity index (χ0v) is 10.9. The van der Waals surface area contributed by atoms with Crippen molar-refractivity contribution in [2.24, 2.45) is 0 Å². The Hall–Kier alpha value is -2.31. The van der Waals surface area contributed by atoms with Gasteiger partial charge in [-0.05, 0) is 32.0 Å². The van der Waals surface area contributed by atoms with Crippen LogP contribution in [0, 0.1) is 24.4 Å². The molecule has 0 saturated heterocycles. The highest BCUT2D eigenvalue weighted by Crippen LogP contribution is 2.20. The first kappa shape index (κ1) is 14.1. The molecule has 1 aromatic carbocycles. The minimum absolute atomic E-state index is 0.0773. The number of benzene rings is 1. The second-order valence-electron chi connectivity index (χ2n) is 4.16. The van der Waals surface area contributed by atoms with Gasteiger partial charge in [0.1, 0.15) is 0 Å². The van der Waals surface area contributed by atoms with Crippen molar-refractivity contribution >= 4 is 11.6 Å². The Morgan fingerprint density at radius 2 is 2.00 bits per heavy atom. The third kappa shape index (κ3) is 2.52. The number of aryl methyl sites for hydroxylation is 2. The second kappa shape index (κ2) is 5.36. The van der Waals surface area contributed by atoms with Crippen LogP contribution in [0.15, 0.2) is 18.2 Å². The molecule has 0 aliphatic heterocycles. The van der Waals surface area contributed by atoms with Crippen LogP contribution in [0.1, 0.15) is 23.1 Å². The van der Waals surface area contributed by atoms with Crippen LogP contribution in [0.3, 0.4) is 0 Å². The van der Waals surface area contributed by atoms with Crippen LogP contribution in [0.4, 0.5) is 18.9 Å². The molecule has 2 aromatic rings. The fourth-order valence-electron chi connectivity index (χ4n) is 1.75. The van der Waals surface area contributed by atoms with Crippen LogP contribution < -0.4 is 5.32 Å². The summed E-state index contributed by atoms with van der Waals surface area (Å²) in [5.41, 5.74) is 0.412. The third-order valence-corrected chi connectivity index (χ3v) is 2.80. The molecule has 0 atom stereocenters. The number of hydrogen-bond donors (Lipinski definition) is 1. The number of nitrogens with zero attached hydrogens (tertiary/aromatic N) is 2. The van der Waals surface area contributed by atoms with Gasteiger partial charge >= 0.3 is 0 Å². The van der Waals surface area contributed by atoms with Gasteiger partial charge in [0.15, 0.2) is 23.1 Å². The Bertz CT molecular complexity index is 667. The van der Waals surface area contributed by atoms with Gasteiger partial charge in [-0.2, -0.15) is 5.10 Å². The predicted molar refractivity (Wildman–Crippen MR) is 66.9 cm³/mol. The largest absolute Gasteiger partial charge is 0.318 e. The number of aromatic nitrogens is 2. The average Bonchev–Trinajstić information content (AvgIpc) is 2.80. The Kier molecular flexibility index (Phi) is 3.78. The highest BCUT2D eigenvalue weighted by Gasteiger charge is 2.17. The fraction of sp³-hybridized carbons (Fsp3) is 0.231. The van der Waals surface area contributed by atoms with E-state index in [1.54, 1.807) is 11.6 Å². The molecule has 0 radical (unpaired) electrons. The standard InChI is InChI=1S/C13H12F3N3O/c1-3-19-7(2)6-10(18-19)13(20)17-9-5-4-8(14)11(15)12(9)16/h4-6H,3H2,1-2H3,(H,17,20). The Labute approximate surface area is 113 Å². The first-order valence-electron chi connectivity index (χ1n) is 5.93. The normalized spacial score (nSPS) is 10.7. The van der Waals surface area contributed by atoms with Gasteiger partial charge in [0.2, 0.25) is 0 Å². The van der Waals surface area contributed by atoms with E-state index in [9.17, 15) is 18.0 Å². The van der Waals surface area contributed by atoms with Gasteiger partial charge in [0.05, 0.1) is 5.69 Å². The lowest BCUT2D eigenvalue weighted by Gasteiger charge is -2.05. The maximum Gasteiger partial charge on any atom is 0.276 e. The lowest BCUT2D eigenvalue weighted by atomic mass is 10.2. The van der Waals surface area contributed by atoms with Crippen LogP contribution in [0.2, 0.25) is 0 Å². The van der Waals surface area contributed by atoms with Crippen LogP contribution in [0.25, 0.3) is 0 Å². The van der Waals surface area contributed by atoms with E-state index in [0.29, 0.717) is 6.54 Å². The lowest BCUT2D eigenvalue weighted by Crippen LogP contribution is -2.15. The predicted octanol–water partition coefficient (Wildman–Crippen LogP) is 2.88. The monoisotopic (exact) mass is 283 g/mol. The van der Waals surface area contributed by atoms with Gasteiger partial charge in [0.25, 0.3) is 5.91 Å². The summed E-state index contributed by atoms with van der Waals surface area (Å²) in [6.45, 7) is 4.21. The zero-order valence-electron chi connectivity index (χ0n) is 10.9. The molecule has 0 spiro atoms. The zero-order chi connectivity index (χ0) is 14.9. The topological polar surface area (TPSA) is 46.9 Å². The van der Waals surface area contributed by atoms with Crippen molar-refractivity contribution in [3.8, 4) is 0 Å². The van der Waals surface area contributed by atoms with Crippen molar-refractivity contribution in [3.63, 3.8) is 0 Å². The van der Waals surface area contributed by atoms with Crippen molar-refractivity contribution in [3.05, 3.63) is 47.0 Å². The van der Waals surface area contributed by atoms with E-state index in [1.807, 2.05) is 6.92 Å². The molecule has 0 bridgehead atoms. The lowest BCUT2D eigenvalue weighted by molar-refractivity contribution is 0.102. The molecule has 1 N–H and O–H groups in total. The summed E-state index contributed by atoms with van der Waals surface area (Å²) in [6, 6.07) is 3.22. The van der Waals surface area contributed by atoms with E-state index in [0.717, 1.165) is 17.8 Å². The SMILES string of the molecule is CCn1nc(C(=O)Nc2ccc(F)c(F)c2F)cc1C. The summed E-state index contributed by atoms with van der Waals surface area (Å²) in [5.74, 6) is -5.07. The van der Waals surface area contributed by atoms with Crippen LogP contribution >= 0.6 is 0 Å². The number of carbonyl (C=O) groups excluding carboxylic acids is 1. The van der Waals surface area contributed by atoms with E-state index < -0.39 is 29.0 Å². The third-order valence-electron chi connectivity index (χ3n) is 2.80. The average molecular weight is 283 g/mol. The van der Waals surface area contributed by atoms with E-state index >= 15 is 0 Å². The summed E-state index contributed by atoms with van der Waals surface area (Å²) in [6.07, 6.45) is 0. The molecule has 7 heteroatoms. The van der Waals surface area contributed by atoms with Gasteiger partial charge in [0, 0.05) is 12.2 Å². The molecule has 20 heavy (non-hydrogen) atoms. The van der Waals surface area contributed by atoms with Gasteiger partial charge in [-0.1, -0.05) is 0 Å². The first-order chi connectivity index (χ1) is 9.43. The van der Waals surface area contributed by atoms with Crippen molar-refractivity contribution in [2.45, 2.75) is 20.4 Å². The summed E-state index contributed by atoms with van der Waals surface area (Å²) in [7, 11) is 0. The van der Waals surface area contributed by atoms with Gasteiger partial charge in [-0.3, -0.25) is 9.48 Å². The van der Waals surface area contributed by atoms with Crippen molar-refractivity contribution in [2.75, 3.05) is 5.32 Å². The van der Waals surface area contributed by atoms with E-state index in [-0.39, 0.29) is 5.69 Å². The summed E-state index contributed by atoms with van der Waals surface area (Å²) in [4.78, 5) is 11.9. The molecule has 106 valence electrons. The number of amides is 1. The number of anilines is 1. The van der Waals surface area contributed by atoms with E-state index in [4.69, 9.17) is 0 Å². The van der Waals surface area contributed by atoms with E-state index in [2.05, 4.69) is 10.4 Å². The number of hydrogen-bond acceptors (Lipinski definition) is 2. The molecule has 0 fully saturated rings. The fourth-order valence-corrected chi connectivity index (χ4v) is 1.75. The Morgan fingerprint density at radius 1 is 1.30 bits per heavy atom. The molecule has 0 unspecified atom stereocenters. The maximum absolute atomic E-state index is 13.4. The number of nitrogens with one attached hydrogen (secondary N) is 1. The van der Waals surface area contributed by atoms with Crippen LogP contribution in [0.5, 0.6) is 0 Å². The summed E-state index contributed by atoms with van der Waals surface area (Å²) in [5, 5.41) is 6.17. The molecular weight excluding hydrogens is 271 g/mol. The van der Waals surface area contributed by atoms with Crippen LogP contribution in [-0.4, -0.2) is 15.7 Å². The summed E-state index contributed by atoms with van der Waals surface area (Å²) < 4.78 is 40.9. The number of rotatable bonds is 3. The molecule has 1 amide bonds. The van der Waals surface area contributed by atoms with Crippen molar-refractivity contribution < 1.29 is 18.0 Å². The van der Waals surface area contributed by atoms with Crippen LogP contribution in [-0.2, 0) is 6.54 Å². The number of carbonyl (C=O) groups is 1. The molecule has 1 heterocycles. The van der Waals surface area contributed by atoms with Gasteiger partial charge in [-0.15, -0.1) is 0 Å². The smallest absolute Gasteiger partial charge is 0.276 e. The molecule has 2 rings (SSSR count). The van der Waals surface area contributed by atoms with Gasteiger partial charge < -0.3 is 5.32 Å². The Morgan fingerprint density at radius 3 is 2.60 bits per heavy atom. The highest BCUT2D eigenvalue weighted by molar-refractivity contribution is 6.03. The number of halogens is 3. The summed E-state index contributed by atoms with van der Waals surface area (Å²) >= 11 is 0. The molecule has 0 aliphatic rings. The molecule has 0 aliphatic carbocycles. The Balaban J connectivity index is 2.25. The highest BCUT2D eigenvalue weighted by atomic mass is 19.2. The molecule has 1 aromatic heterocycles. The minimum Gasteiger partial charge on any atom is -0.318 e. The first-order valence-corrected chi connectivity index (χ1v) is 5.93. The maximum atomic E-state index is 13.4. The van der Waals surface area contributed by atoms with Crippen molar-refractivity contribution in [1.29, 1.82) is 0 Å². The minimum atomic E-state index is -1.63. The molecule has 0 saturated carbocycles. The van der Waals surface area contributed by atoms with E-state index in [1.165, 1.54) is 6.07 Å².